The summed E-state index contributed by atoms with van der Waals surface area (Å²) < 4.78 is 0.854. The van der Waals surface area contributed by atoms with Crippen LogP contribution in [-0.2, 0) is 0 Å². The summed E-state index contributed by atoms with van der Waals surface area (Å²) in [6.45, 7) is 1.26. The van der Waals surface area contributed by atoms with Crippen LogP contribution in [0, 0.1) is 17.2 Å². The van der Waals surface area contributed by atoms with E-state index in [0.717, 1.165) is 17.3 Å². The molecule has 1 aromatic rings. The standard InChI is InChI=1S/C13H12BrClN2O/c14-10-1-2-11(12(15)7-10)13(18)17-5-3-9(8-16)4-6-17/h1-2,7,9H,3-6H2. The van der Waals surface area contributed by atoms with Gasteiger partial charge in [-0.05, 0) is 31.0 Å². The van der Waals surface area contributed by atoms with Crippen molar-refractivity contribution in [3.63, 3.8) is 0 Å². The number of rotatable bonds is 1. The molecule has 0 spiro atoms. The molecule has 0 atom stereocenters. The van der Waals surface area contributed by atoms with E-state index in [2.05, 4.69) is 22.0 Å². The Hall–Kier alpha value is -1.05. The molecule has 1 aromatic carbocycles. The van der Waals surface area contributed by atoms with Crippen LogP contribution in [0.5, 0.6) is 0 Å². The maximum absolute atomic E-state index is 12.3. The largest absolute Gasteiger partial charge is 0.339 e. The zero-order valence-corrected chi connectivity index (χ0v) is 12.0. The molecular formula is C13H12BrClN2O. The Bertz CT molecular complexity index is 504. The van der Waals surface area contributed by atoms with Crippen LogP contribution < -0.4 is 0 Å². The summed E-state index contributed by atoms with van der Waals surface area (Å²) in [5.41, 5.74) is 0.523. The number of hydrogen-bond acceptors (Lipinski definition) is 2. The molecule has 0 bridgehead atoms. The van der Waals surface area contributed by atoms with Gasteiger partial charge in [0.15, 0.2) is 0 Å². The molecule has 1 heterocycles. The molecule has 0 aliphatic carbocycles. The van der Waals surface area contributed by atoms with Gasteiger partial charge in [0.2, 0.25) is 0 Å². The van der Waals surface area contributed by atoms with Gasteiger partial charge in [-0.15, -0.1) is 0 Å². The Morgan fingerprint density at radius 1 is 1.44 bits per heavy atom. The van der Waals surface area contributed by atoms with Gasteiger partial charge in [0.05, 0.1) is 16.7 Å². The van der Waals surface area contributed by atoms with Crippen molar-refractivity contribution in [1.82, 2.24) is 4.90 Å². The Morgan fingerprint density at radius 2 is 2.11 bits per heavy atom. The highest BCUT2D eigenvalue weighted by atomic mass is 79.9. The molecule has 1 amide bonds. The molecule has 3 nitrogen and oxygen atoms in total. The minimum Gasteiger partial charge on any atom is -0.339 e. The SMILES string of the molecule is N#CC1CCN(C(=O)c2ccc(Br)cc2Cl)CC1. The number of hydrogen-bond donors (Lipinski definition) is 0. The number of carbonyl (C=O) groups is 1. The Morgan fingerprint density at radius 3 is 2.67 bits per heavy atom. The van der Waals surface area contributed by atoms with E-state index in [4.69, 9.17) is 16.9 Å². The lowest BCUT2D eigenvalue weighted by molar-refractivity contribution is 0.0707. The second kappa shape index (κ2) is 5.73. The summed E-state index contributed by atoms with van der Waals surface area (Å²) in [7, 11) is 0. The minimum atomic E-state index is -0.0520. The van der Waals surface area contributed by atoms with Crippen molar-refractivity contribution < 1.29 is 4.79 Å². The van der Waals surface area contributed by atoms with E-state index in [-0.39, 0.29) is 11.8 Å². The molecular weight excluding hydrogens is 316 g/mol. The number of carbonyl (C=O) groups excluding carboxylic acids is 1. The third kappa shape index (κ3) is 2.85. The normalized spacial score (nSPS) is 16.4. The van der Waals surface area contributed by atoms with Crippen LogP contribution in [-0.4, -0.2) is 23.9 Å². The highest BCUT2D eigenvalue weighted by Crippen LogP contribution is 2.24. The number of amides is 1. The fourth-order valence-corrected chi connectivity index (χ4v) is 2.80. The van der Waals surface area contributed by atoms with Crippen molar-refractivity contribution in [3.8, 4) is 6.07 Å². The fourth-order valence-electron chi connectivity index (χ4n) is 2.04. The third-order valence-electron chi connectivity index (χ3n) is 3.13. The van der Waals surface area contributed by atoms with Gasteiger partial charge < -0.3 is 4.90 Å². The average molecular weight is 328 g/mol. The second-order valence-corrected chi connectivity index (χ2v) is 5.64. The predicted molar refractivity (Wildman–Crippen MR) is 73.4 cm³/mol. The molecule has 94 valence electrons. The highest BCUT2D eigenvalue weighted by molar-refractivity contribution is 9.10. The van der Waals surface area contributed by atoms with E-state index in [1.54, 1.807) is 23.1 Å². The van der Waals surface area contributed by atoms with E-state index in [1.807, 2.05) is 0 Å². The number of likely N-dealkylation sites (tertiary alicyclic amines) is 1. The van der Waals surface area contributed by atoms with Gasteiger partial charge in [0, 0.05) is 23.5 Å². The summed E-state index contributed by atoms with van der Waals surface area (Å²) >= 11 is 9.38. The quantitative estimate of drug-likeness (QED) is 0.792. The Kier molecular flexibility index (Phi) is 4.26. The van der Waals surface area contributed by atoms with Crippen LogP contribution in [0.2, 0.25) is 5.02 Å². The molecule has 18 heavy (non-hydrogen) atoms. The van der Waals surface area contributed by atoms with Crippen LogP contribution in [0.3, 0.4) is 0 Å². The zero-order valence-electron chi connectivity index (χ0n) is 9.70. The number of benzene rings is 1. The van der Waals surface area contributed by atoms with Crippen LogP contribution in [0.25, 0.3) is 0 Å². The Labute approximate surface area is 119 Å². The van der Waals surface area contributed by atoms with Crippen LogP contribution in [0.15, 0.2) is 22.7 Å². The average Bonchev–Trinajstić information content (AvgIpc) is 2.38. The fraction of sp³-hybridized carbons (Fsp3) is 0.385. The lowest BCUT2D eigenvalue weighted by Gasteiger charge is -2.29. The zero-order chi connectivity index (χ0) is 13.1. The van der Waals surface area contributed by atoms with E-state index in [9.17, 15) is 4.79 Å². The van der Waals surface area contributed by atoms with Crippen molar-refractivity contribution in [2.24, 2.45) is 5.92 Å². The lowest BCUT2D eigenvalue weighted by Crippen LogP contribution is -2.38. The summed E-state index contributed by atoms with van der Waals surface area (Å²) in [6.07, 6.45) is 1.49. The minimum absolute atomic E-state index is 0.0520. The van der Waals surface area contributed by atoms with Crippen molar-refractivity contribution >= 4 is 33.4 Å². The Balaban J connectivity index is 2.11. The second-order valence-electron chi connectivity index (χ2n) is 4.32. The summed E-state index contributed by atoms with van der Waals surface area (Å²) in [6, 6.07) is 7.50. The van der Waals surface area contributed by atoms with Crippen LogP contribution in [0.1, 0.15) is 23.2 Å². The van der Waals surface area contributed by atoms with Gasteiger partial charge >= 0.3 is 0 Å². The van der Waals surface area contributed by atoms with Crippen molar-refractivity contribution in [2.45, 2.75) is 12.8 Å². The molecule has 1 saturated heterocycles. The summed E-state index contributed by atoms with van der Waals surface area (Å²) in [5.74, 6) is 0.0262. The maximum Gasteiger partial charge on any atom is 0.255 e. The monoisotopic (exact) mass is 326 g/mol. The van der Waals surface area contributed by atoms with Gasteiger partial charge in [-0.3, -0.25) is 4.79 Å². The maximum atomic E-state index is 12.3. The molecule has 0 aromatic heterocycles. The summed E-state index contributed by atoms with van der Waals surface area (Å²) in [4.78, 5) is 14.0. The molecule has 0 radical (unpaired) electrons. The number of nitrogens with zero attached hydrogens (tertiary/aromatic N) is 2. The number of halogens is 2. The summed E-state index contributed by atoms with van der Waals surface area (Å²) in [5, 5.41) is 9.28. The number of nitriles is 1. The number of piperidine rings is 1. The first-order valence-electron chi connectivity index (χ1n) is 5.75. The molecule has 5 heteroatoms. The van der Waals surface area contributed by atoms with Crippen molar-refractivity contribution in [1.29, 1.82) is 5.26 Å². The van der Waals surface area contributed by atoms with Gasteiger partial charge in [-0.1, -0.05) is 27.5 Å². The van der Waals surface area contributed by atoms with E-state index in [1.165, 1.54) is 0 Å². The van der Waals surface area contributed by atoms with Gasteiger partial charge in [0.1, 0.15) is 0 Å². The van der Waals surface area contributed by atoms with E-state index >= 15 is 0 Å². The molecule has 1 aliphatic heterocycles. The smallest absolute Gasteiger partial charge is 0.255 e. The molecule has 2 rings (SSSR count). The third-order valence-corrected chi connectivity index (χ3v) is 3.93. The molecule has 0 saturated carbocycles. The van der Waals surface area contributed by atoms with Crippen molar-refractivity contribution in [3.05, 3.63) is 33.3 Å². The van der Waals surface area contributed by atoms with Crippen LogP contribution in [0.4, 0.5) is 0 Å². The molecule has 0 unspecified atom stereocenters. The van der Waals surface area contributed by atoms with Gasteiger partial charge in [0.25, 0.3) is 5.91 Å². The predicted octanol–water partition coefficient (Wildman–Crippen LogP) is 3.48. The van der Waals surface area contributed by atoms with E-state index < -0.39 is 0 Å². The highest BCUT2D eigenvalue weighted by Gasteiger charge is 2.24. The molecule has 0 N–H and O–H groups in total. The molecule has 1 fully saturated rings. The van der Waals surface area contributed by atoms with Crippen molar-refractivity contribution in [2.75, 3.05) is 13.1 Å². The first kappa shape index (κ1) is 13.4. The first-order valence-corrected chi connectivity index (χ1v) is 6.93. The topological polar surface area (TPSA) is 44.1 Å². The lowest BCUT2D eigenvalue weighted by atomic mass is 9.98. The van der Waals surface area contributed by atoms with Gasteiger partial charge in [-0.25, -0.2) is 0 Å². The van der Waals surface area contributed by atoms with Crippen LogP contribution >= 0.6 is 27.5 Å². The van der Waals surface area contributed by atoms with E-state index in [0.29, 0.717) is 23.7 Å². The molecule has 1 aliphatic rings. The first-order chi connectivity index (χ1) is 8.61. The van der Waals surface area contributed by atoms with Gasteiger partial charge in [-0.2, -0.15) is 5.26 Å².